The molecule has 0 atom stereocenters. The molecule has 2 heterocycles. The third kappa shape index (κ3) is 3.05. The fourth-order valence-electron chi connectivity index (χ4n) is 1.45. The highest BCUT2D eigenvalue weighted by Gasteiger charge is 2.14. The standard InChI is InChI=1S/C11H12BrN3O2S/c1-17-7-15(11-13-2-3-18-11)10-5-8(12)4-9(6-16)14-10/h2-5,16H,6-7H2,1H3. The number of methoxy groups -OCH3 is 1. The highest BCUT2D eigenvalue weighted by atomic mass is 79.9. The molecule has 2 aromatic heterocycles. The van der Waals surface area contributed by atoms with Gasteiger partial charge in [-0.2, -0.15) is 0 Å². The lowest BCUT2D eigenvalue weighted by Gasteiger charge is -2.20. The number of nitrogens with zero attached hydrogens (tertiary/aromatic N) is 3. The summed E-state index contributed by atoms with van der Waals surface area (Å²) < 4.78 is 6.03. The van der Waals surface area contributed by atoms with Crippen LogP contribution in [-0.4, -0.2) is 28.9 Å². The molecule has 0 amide bonds. The maximum atomic E-state index is 9.18. The van der Waals surface area contributed by atoms with Crippen molar-refractivity contribution in [3.05, 3.63) is 33.9 Å². The Morgan fingerprint density at radius 3 is 2.94 bits per heavy atom. The number of anilines is 2. The number of aliphatic hydroxyl groups excluding tert-OH is 1. The minimum Gasteiger partial charge on any atom is -0.390 e. The van der Waals surface area contributed by atoms with E-state index in [4.69, 9.17) is 4.74 Å². The molecule has 0 aromatic carbocycles. The molecule has 0 aliphatic rings. The zero-order valence-electron chi connectivity index (χ0n) is 9.71. The van der Waals surface area contributed by atoms with Crippen molar-refractivity contribution in [3.8, 4) is 0 Å². The van der Waals surface area contributed by atoms with E-state index in [9.17, 15) is 5.11 Å². The van der Waals surface area contributed by atoms with Gasteiger partial charge < -0.3 is 9.84 Å². The van der Waals surface area contributed by atoms with E-state index < -0.39 is 0 Å². The van der Waals surface area contributed by atoms with Gasteiger partial charge in [-0.15, -0.1) is 11.3 Å². The minimum absolute atomic E-state index is 0.106. The van der Waals surface area contributed by atoms with Crippen LogP contribution in [0.5, 0.6) is 0 Å². The van der Waals surface area contributed by atoms with Crippen LogP contribution in [-0.2, 0) is 11.3 Å². The number of thiazole rings is 1. The van der Waals surface area contributed by atoms with Gasteiger partial charge in [0.05, 0.1) is 12.3 Å². The summed E-state index contributed by atoms with van der Waals surface area (Å²) in [7, 11) is 1.62. The average Bonchev–Trinajstić information content (AvgIpc) is 2.88. The molecule has 1 N–H and O–H groups in total. The van der Waals surface area contributed by atoms with Gasteiger partial charge in [-0.05, 0) is 12.1 Å². The maximum Gasteiger partial charge on any atom is 0.192 e. The molecule has 0 aliphatic carbocycles. The Morgan fingerprint density at radius 2 is 2.33 bits per heavy atom. The first-order valence-corrected chi connectivity index (χ1v) is 6.85. The van der Waals surface area contributed by atoms with Crippen molar-refractivity contribution in [1.82, 2.24) is 9.97 Å². The molecule has 7 heteroatoms. The second-order valence-electron chi connectivity index (χ2n) is 3.45. The van der Waals surface area contributed by atoms with Crippen molar-refractivity contribution in [2.45, 2.75) is 6.61 Å². The molecule has 0 fully saturated rings. The quantitative estimate of drug-likeness (QED) is 0.854. The number of ether oxygens (including phenoxy) is 1. The number of aliphatic hydroxyl groups is 1. The Kier molecular flexibility index (Phi) is 4.65. The number of aromatic nitrogens is 2. The molecule has 2 rings (SSSR count). The van der Waals surface area contributed by atoms with E-state index >= 15 is 0 Å². The molecule has 2 aromatic rings. The molecule has 0 saturated heterocycles. The largest absolute Gasteiger partial charge is 0.390 e. The Morgan fingerprint density at radius 1 is 1.50 bits per heavy atom. The van der Waals surface area contributed by atoms with Crippen LogP contribution >= 0.6 is 27.3 Å². The van der Waals surface area contributed by atoms with Crippen molar-refractivity contribution in [2.75, 3.05) is 18.7 Å². The van der Waals surface area contributed by atoms with Crippen LogP contribution < -0.4 is 4.90 Å². The van der Waals surface area contributed by atoms with Crippen LogP contribution in [0.25, 0.3) is 0 Å². The highest BCUT2D eigenvalue weighted by Crippen LogP contribution is 2.28. The first-order chi connectivity index (χ1) is 8.74. The van der Waals surface area contributed by atoms with Crippen LogP contribution in [0.4, 0.5) is 10.9 Å². The summed E-state index contributed by atoms with van der Waals surface area (Å²) in [6.07, 6.45) is 1.73. The highest BCUT2D eigenvalue weighted by molar-refractivity contribution is 9.10. The Hall–Kier alpha value is -1.02. The second kappa shape index (κ2) is 6.24. The van der Waals surface area contributed by atoms with Crippen LogP contribution in [0.2, 0.25) is 0 Å². The van der Waals surface area contributed by atoms with Crippen molar-refractivity contribution >= 4 is 38.2 Å². The van der Waals surface area contributed by atoms with Gasteiger partial charge in [0.2, 0.25) is 0 Å². The van der Waals surface area contributed by atoms with E-state index in [0.717, 1.165) is 9.60 Å². The molecule has 18 heavy (non-hydrogen) atoms. The van der Waals surface area contributed by atoms with Crippen LogP contribution in [0.15, 0.2) is 28.2 Å². The smallest absolute Gasteiger partial charge is 0.192 e. The first kappa shape index (κ1) is 13.4. The number of rotatable bonds is 5. The SMILES string of the molecule is COCN(c1cc(Br)cc(CO)n1)c1nccs1. The Labute approximate surface area is 117 Å². The molecule has 0 bridgehead atoms. The predicted molar refractivity (Wildman–Crippen MR) is 74.0 cm³/mol. The number of hydrogen-bond acceptors (Lipinski definition) is 6. The Balaban J connectivity index is 2.39. The van der Waals surface area contributed by atoms with Crippen molar-refractivity contribution in [3.63, 3.8) is 0 Å². The zero-order valence-corrected chi connectivity index (χ0v) is 12.1. The van der Waals surface area contributed by atoms with Crippen molar-refractivity contribution in [2.24, 2.45) is 0 Å². The lowest BCUT2D eigenvalue weighted by atomic mass is 10.3. The van der Waals surface area contributed by atoms with Crippen LogP contribution in [0.1, 0.15) is 5.69 Å². The van der Waals surface area contributed by atoms with Crippen LogP contribution in [0.3, 0.4) is 0 Å². The topological polar surface area (TPSA) is 58.5 Å². The first-order valence-electron chi connectivity index (χ1n) is 5.18. The van der Waals surface area contributed by atoms with Gasteiger partial charge in [-0.1, -0.05) is 15.9 Å². The maximum absolute atomic E-state index is 9.18. The predicted octanol–water partition coefficient (Wildman–Crippen LogP) is 2.53. The summed E-state index contributed by atoms with van der Waals surface area (Å²) in [5.41, 5.74) is 0.594. The minimum atomic E-state index is -0.106. The molecule has 0 unspecified atom stereocenters. The summed E-state index contributed by atoms with van der Waals surface area (Å²) in [6, 6.07) is 3.63. The van der Waals surface area contributed by atoms with Gasteiger partial charge >= 0.3 is 0 Å². The summed E-state index contributed by atoms with van der Waals surface area (Å²) >= 11 is 4.90. The van der Waals surface area contributed by atoms with Gasteiger partial charge in [0, 0.05) is 23.2 Å². The Bertz CT molecular complexity index is 507. The molecular weight excluding hydrogens is 318 g/mol. The second-order valence-corrected chi connectivity index (χ2v) is 5.24. The summed E-state index contributed by atoms with van der Waals surface area (Å²) in [5, 5.41) is 11.9. The summed E-state index contributed by atoms with van der Waals surface area (Å²) in [4.78, 5) is 10.4. The molecule has 0 saturated carbocycles. The normalized spacial score (nSPS) is 10.6. The van der Waals surface area contributed by atoms with Gasteiger partial charge in [0.15, 0.2) is 5.13 Å². The average molecular weight is 330 g/mol. The number of pyridine rings is 1. The number of halogens is 1. The van der Waals surface area contributed by atoms with E-state index in [0.29, 0.717) is 18.2 Å². The molecule has 5 nitrogen and oxygen atoms in total. The van der Waals surface area contributed by atoms with E-state index in [1.54, 1.807) is 19.4 Å². The van der Waals surface area contributed by atoms with Gasteiger partial charge in [-0.3, -0.25) is 4.90 Å². The molecule has 0 aliphatic heterocycles. The lowest BCUT2D eigenvalue weighted by Crippen LogP contribution is -2.21. The van der Waals surface area contributed by atoms with E-state index in [1.807, 2.05) is 16.3 Å². The monoisotopic (exact) mass is 329 g/mol. The van der Waals surface area contributed by atoms with Gasteiger partial charge in [0.25, 0.3) is 0 Å². The number of hydrogen-bond donors (Lipinski definition) is 1. The van der Waals surface area contributed by atoms with E-state index in [2.05, 4.69) is 25.9 Å². The fourth-order valence-corrected chi connectivity index (χ4v) is 2.56. The van der Waals surface area contributed by atoms with Gasteiger partial charge in [0.1, 0.15) is 12.5 Å². The zero-order chi connectivity index (χ0) is 13.0. The molecular formula is C11H12BrN3O2S. The van der Waals surface area contributed by atoms with Crippen molar-refractivity contribution in [1.29, 1.82) is 0 Å². The summed E-state index contributed by atoms with van der Waals surface area (Å²) in [5.74, 6) is 0.685. The lowest BCUT2D eigenvalue weighted by molar-refractivity contribution is 0.205. The molecule has 0 radical (unpaired) electrons. The van der Waals surface area contributed by atoms with Crippen LogP contribution in [0, 0.1) is 0 Å². The third-order valence-electron chi connectivity index (χ3n) is 2.18. The third-order valence-corrected chi connectivity index (χ3v) is 3.43. The molecule has 96 valence electrons. The van der Waals surface area contributed by atoms with E-state index in [-0.39, 0.29) is 6.61 Å². The van der Waals surface area contributed by atoms with Crippen molar-refractivity contribution < 1.29 is 9.84 Å². The molecule has 0 spiro atoms. The fraction of sp³-hybridized carbons (Fsp3) is 0.273. The van der Waals surface area contributed by atoms with E-state index in [1.165, 1.54) is 11.3 Å². The van der Waals surface area contributed by atoms with Gasteiger partial charge in [-0.25, -0.2) is 9.97 Å². The summed E-state index contributed by atoms with van der Waals surface area (Å²) in [6.45, 7) is 0.243.